The fraction of sp³-hybridized carbons (Fsp3) is 0.100. The van der Waals surface area contributed by atoms with Crippen LogP contribution >= 0.6 is 11.3 Å². The first-order valence-corrected chi connectivity index (χ1v) is 5.54. The SMILES string of the molecule is [B]N(C)c1nccc(-c2ccc(C(=O)O)s2)n1. The van der Waals surface area contributed by atoms with Gasteiger partial charge in [0.15, 0.2) is 0 Å². The highest BCUT2D eigenvalue weighted by Gasteiger charge is 2.10. The summed E-state index contributed by atoms with van der Waals surface area (Å²) in [5, 5.41) is 8.84. The number of anilines is 1. The van der Waals surface area contributed by atoms with E-state index in [-0.39, 0.29) is 4.88 Å². The summed E-state index contributed by atoms with van der Waals surface area (Å²) in [6, 6.07) is 4.98. The quantitative estimate of drug-likeness (QED) is 0.828. The minimum Gasteiger partial charge on any atom is -0.477 e. The van der Waals surface area contributed by atoms with Crippen LogP contribution in [0.25, 0.3) is 10.6 Å². The number of carboxylic acid groups (broad SMARTS) is 1. The van der Waals surface area contributed by atoms with Gasteiger partial charge in [0.05, 0.1) is 10.6 Å². The second kappa shape index (κ2) is 4.54. The zero-order valence-electron chi connectivity index (χ0n) is 8.99. The predicted octanol–water partition coefficient (Wildman–Crippen LogP) is 1.42. The molecule has 2 aromatic heterocycles. The molecular formula is C10H8BN3O2S. The third kappa shape index (κ3) is 2.44. The molecule has 0 spiro atoms. The molecule has 0 aliphatic carbocycles. The average Bonchev–Trinajstić information content (AvgIpc) is 2.78. The summed E-state index contributed by atoms with van der Waals surface area (Å²) < 4.78 is 0. The molecule has 0 aliphatic heterocycles. The van der Waals surface area contributed by atoms with Gasteiger partial charge in [0.25, 0.3) is 0 Å². The van der Waals surface area contributed by atoms with Crippen molar-refractivity contribution in [2.24, 2.45) is 0 Å². The lowest BCUT2D eigenvalue weighted by Crippen LogP contribution is -2.14. The molecule has 7 heteroatoms. The second-order valence-corrected chi connectivity index (χ2v) is 4.41. The number of rotatable bonds is 3. The third-order valence-corrected chi connectivity index (χ3v) is 3.12. The lowest BCUT2D eigenvalue weighted by molar-refractivity contribution is 0.0702. The molecule has 0 unspecified atom stereocenters. The standard InChI is InChI=1S/C10H8BN3O2S/c1-14(11)10-12-5-4-6(13-10)7-2-3-8(17-7)9(15)16/h2-5H,1H3,(H,15,16). The van der Waals surface area contributed by atoms with Crippen molar-refractivity contribution >= 4 is 31.2 Å². The Morgan fingerprint density at radius 3 is 2.82 bits per heavy atom. The number of aromatic nitrogens is 2. The van der Waals surface area contributed by atoms with Crippen LogP contribution in [-0.4, -0.2) is 36.1 Å². The Kier molecular flexibility index (Phi) is 3.10. The topological polar surface area (TPSA) is 66.3 Å². The van der Waals surface area contributed by atoms with E-state index in [0.717, 1.165) is 4.88 Å². The van der Waals surface area contributed by atoms with E-state index in [1.807, 2.05) is 0 Å². The fourth-order valence-electron chi connectivity index (χ4n) is 1.25. The molecule has 0 aliphatic rings. The lowest BCUT2D eigenvalue weighted by Gasteiger charge is -2.10. The van der Waals surface area contributed by atoms with Crippen molar-refractivity contribution in [2.45, 2.75) is 0 Å². The smallest absolute Gasteiger partial charge is 0.345 e. The highest BCUT2D eigenvalue weighted by Crippen LogP contribution is 2.27. The first-order chi connectivity index (χ1) is 8.08. The molecule has 84 valence electrons. The maximum absolute atomic E-state index is 10.8. The molecule has 0 fully saturated rings. The zero-order valence-corrected chi connectivity index (χ0v) is 9.81. The molecule has 2 rings (SSSR count). The monoisotopic (exact) mass is 245 g/mol. The van der Waals surface area contributed by atoms with Gasteiger partial charge in [-0.05, 0) is 25.2 Å². The number of hydrogen-bond donors (Lipinski definition) is 1. The highest BCUT2D eigenvalue weighted by atomic mass is 32.1. The van der Waals surface area contributed by atoms with Crippen molar-refractivity contribution in [3.63, 3.8) is 0 Å². The molecule has 0 atom stereocenters. The Labute approximate surface area is 103 Å². The van der Waals surface area contributed by atoms with Crippen molar-refractivity contribution in [3.8, 4) is 10.6 Å². The number of carboxylic acids is 1. The summed E-state index contributed by atoms with van der Waals surface area (Å²) in [7, 11) is 7.17. The Morgan fingerprint density at radius 2 is 2.24 bits per heavy atom. The number of carbonyl (C=O) groups is 1. The van der Waals surface area contributed by atoms with Gasteiger partial charge in [-0.1, -0.05) is 0 Å². The third-order valence-electron chi connectivity index (χ3n) is 2.03. The minimum absolute atomic E-state index is 0.279. The summed E-state index contributed by atoms with van der Waals surface area (Å²) >= 11 is 1.17. The van der Waals surface area contributed by atoms with Crippen LogP contribution in [0.4, 0.5) is 5.95 Å². The molecular weight excluding hydrogens is 237 g/mol. The Bertz CT molecular complexity index is 556. The summed E-state index contributed by atoms with van der Waals surface area (Å²) in [4.78, 5) is 21.3. The van der Waals surface area contributed by atoms with Gasteiger partial charge in [0.1, 0.15) is 4.88 Å². The minimum atomic E-state index is -0.938. The largest absolute Gasteiger partial charge is 0.477 e. The van der Waals surface area contributed by atoms with E-state index in [4.69, 9.17) is 13.1 Å². The molecule has 1 N–H and O–H groups in total. The van der Waals surface area contributed by atoms with Crippen LogP contribution in [-0.2, 0) is 0 Å². The Morgan fingerprint density at radius 1 is 1.47 bits per heavy atom. The first-order valence-electron chi connectivity index (χ1n) is 4.73. The van der Waals surface area contributed by atoms with Gasteiger partial charge in [0, 0.05) is 6.20 Å². The summed E-state index contributed by atoms with van der Waals surface area (Å²) in [6.45, 7) is 0. The highest BCUT2D eigenvalue weighted by molar-refractivity contribution is 7.17. The maximum Gasteiger partial charge on any atom is 0.345 e. The number of hydrogen-bond acceptors (Lipinski definition) is 5. The number of thiophene rings is 1. The maximum atomic E-state index is 10.8. The molecule has 2 radical (unpaired) electrons. The van der Waals surface area contributed by atoms with Gasteiger partial charge in [0.2, 0.25) is 13.9 Å². The van der Waals surface area contributed by atoms with E-state index < -0.39 is 5.97 Å². The van der Waals surface area contributed by atoms with Crippen LogP contribution in [0.5, 0.6) is 0 Å². The molecule has 2 heterocycles. The lowest BCUT2D eigenvalue weighted by atomic mass is 10.3. The van der Waals surface area contributed by atoms with Crippen LogP contribution < -0.4 is 4.81 Å². The molecule has 0 amide bonds. The summed E-state index contributed by atoms with van der Waals surface area (Å²) in [5.74, 6) is -0.556. The van der Waals surface area contributed by atoms with Gasteiger partial charge in [-0.15, -0.1) is 11.3 Å². The van der Waals surface area contributed by atoms with Crippen molar-refractivity contribution in [2.75, 3.05) is 11.9 Å². The normalized spacial score (nSPS) is 10.2. The van der Waals surface area contributed by atoms with Crippen LogP contribution in [0.1, 0.15) is 9.67 Å². The van der Waals surface area contributed by atoms with Gasteiger partial charge in [-0.2, -0.15) is 0 Å². The van der Waals surface area contributed by atoms with Crippen molar-refractivity contribution < 1.29 is 9.90 Å². The van der Waals surface area contributed by atoms with Crippen molar-refractivity contribution in [1.29, 1.82) is 0 Å². The van der Waals surface area contributed by atoms with Gasteiger partial charge in [-0.3, -0.25) is 0 Å². The fourth-order valence-corrected chi connectivity index (χ4v) is 2.06. The molecule has 17 heavy (non-hydrogen) atoms. The molecule has 2 aromatic rings. The second-order valence-electron chi connectivity index (χ2n) is 3.32. The molecule has 0 saturated carbocycles. The van der Waals surface area contributed by atoms with E-state index in [1.165, 1.54) is 16.1 Å². The summed E-state index contributed by atoms with van der Waals surface area (Å²) in [5.41, 5.74) is 0.657. The van der Waals surface area contributed by atoms with E-state index in [0.29, 0.717) is 11.6 Å². The molecule has 5 nitrogen and oxygen atoms in total. The molecule has 0 aromatic carbocycles. The number of aromatic carboxylic acids is 1. The first kappa shape index (κ1) is 11.6. The van der Waals surface area contributed by atoms with E-state index in [9.17, 15) is 4.79 Å². The zero-order chi connectivity index (χ0) is 12.4. The van der Waals surface area contributed by atoms with E-state index in [2.05, 4.69) is 9.97 Å². The van der Waals surface area contributed by atoms with E-state index >= 15 is 0 Å². The number of nitrogens with zero attached hydrogens (tertiary/aromatic N) is 3. The van der Waals surface area contributed by atoms with Crippen molar-refractivity contribution in [1.82, 2.24) is 9.97 Å². The molecule has 0 bridgehead atoms. The summed E-state index contributed by atoms with van der Waals surface area (Å²) in [6.07, 6.45) is 1.58. The van der Waals surface area contributed by atoms with Crippen molar-refractivity contribution in [3.05, 3.63) is 29.3 Å². The Hall–Kier alpha value is -1.89. The van der Waals surface area contributed by atoms with E-state index in [1.54, 1.807) is 31.4 Å². The van der Waals surface area contributed by atoms with Gasteiger partial charge < -0.3 is 9.92 Å². The van der Waals surface area contributed by atoms with Crippen LogP contribution in [0.3, 0.4) is 0 Å². The van der Waals surface area contributed by atoms with Crippen LogP contribution in [0.2, 0.25) is 0 Å². The van der Waals surface area contributed by atoms with Crippen LogP contribution in [0.15, 0.2) is 24.4 Å². The average molecular weight is 245 g/mol. The Balaban J connectivity index is 2.38. The predicted molar refractivity (Wildman–Crippen MR) is 66.5 cm³/mol. The molecule has 0 saturated heterocycles. The van der Waals surface area contributed by atoms with Gasteiger partial charge in [-0.25, -0.2) is 14.8 Å². The van der Waals surface area contributed by atoms with Crippen LogP contribution in [0, 0.1) is 0 Å². The van der Waals surface area contributed by atoms with Gasteiger partial charge >= 0.3 is 5.97 Å².